The van der Waals surface area contributed by atoms with Crippen molar-refractivity contribution in [3.05, 3.63) is 12.5 Å². The highest BCUT2D eigenvalue weighted by Crippen LogP contribution is 2.31. The lowest BCUT2D eigenvalue weighted by atomic mass is 9.92. The van der Waals surface area contributed by atoms with Gasteiger partial charge in [0.05, 0.1) is 12.5 Å². The molecule has 22 heavy (non-hydrogen) atoms. The summed E-state index contributed by atoms with van der Waals surface area (Å²) in [7, 11) is 0. The monoisotopic (exact) mass is 300 g/mol. The van der Waals surface area contributed by atoms with E-state index in [0.717, 1.165) is 42.8 Å². The fourth-order valence-electron chi connectivity index (χ4n) is 3.79. The first-order valence-electron chi connectivity index (χ1n) is 8.51. The maximum atomic E-state index is 5.97. The normalized spacial score (nSPS) is 26.6. The Morgan fingerprint density at radius 1 is 1.05 bits per heavy atom. The molecule has 2 aromatic rings. The van der Waals surface area contributed by atoms with Gasteiger partial charge >= 0.3 is 0 Å². The molecule has 0 spiro atoms. The summed E-state index contributed by atoms with van der Waals surface area (Å²) in [6, 6.07) is 1.37. The summed E-state index contributed by atoms with van der Waals surface area (Å²) < 4.78 is 2.24. The predicted molar refractivity (Wildman–Crippen MR) is 86.7 cm³/mol. The molecular formula is C16H24N6. The zero-order chi connectivity index (χ0) is 14.9. The number of hydrogen-bond donors (Lipinski definition) is 2. The third kappa shape index (κ3) is 2.67. The summed E-state index contributed by atoms with van der Waals surface area (Å²) in [6.45, 7) is 0. The molecule has 2 aliphatic rings. The van der Waals surface area contributed by atoms with Gasteiger partial charge in [-0.1, -0.05) is 12.8 Å². The highest BCUT2D eigenvalue weighted by molar-refractivity contribution is 5.71. The minimum Gasteiger partial charge on any atom is -0.351 e. The summed E-state index contributed by atoms with van der Waals surface area (Å²) in [5, 5.41) is 3.48. The number of anilines is 1. The molecule has 0 aromatic carbocycles. The molecule has 4 rings (SSSR count). The second kappa shape index (κ2) is 5.83. The van der Waals surface area contributed by atoms with Gasteiger partial charge in [-0.05, 0) is 38.5 Å². The van der Waals surface area contributed by atoms with Gasteiger partial charge in [-0.3, -0.25) is 0 Å². The fraction of sp³-hybridized carbons (Fsp3) is 0.688. The third-order valence-electron chi connectivity index (χ3n) is 5.14. The lowest BCUT2D eigenvalue weighted by Gasteiger charge is -2.26. The molecule has 2 saturated carbocycles. The molecule has 6 heteroatoms. The molecule has 2 aliphatic carbocycles. The first-order chi connectivity index (χ1) is 10.8. The molecule has 0 saturated heterocycles. The van der Waals surface area contributed by atoms with Crippen molar-refractivity contribution in [2.45, 2.75) is 69.5 Å². The topological polar surface area (TPSA) is 81.6 Å². The van der Waals surface area contributed by atoms with Gasteiger partial charge < -0.3 is 15.6 Å². The van der Waals surface area contributed by atoms with E-state index in [-0.39, 0.29) is 0 Å². The first-order valence-corrected chi connectivity index (χ1v) is 8.51. The molecule has 2 heterocycles. The van der Waals surface area contributed by atoms with Crippen molar-refractivity contribution in [3.8, 4) is 0 Å². The first kappa shape index (κ1) is 13.9. The van der Waals surface area contributed by atoms with Crippen LogP contribution in [0.1, 0.15) is 57.4 Å². The van der Waals surface area contributed by atoms with Gasteiger partial charge in [-0.25, -0.2) is 9.97 Å². The van der Waals surface area contributed by atoms with E-state index in [1.54, 1.807) is 0 Å². The molecule has 118 valence electrons. The maximum Gasteiger partial charge on any atom is 0.224 e. The van der Waals surface area contributed by atoms with Gasteiger partial charge in [-0.15, -0.1) is 0 Å². The molecule has 0 atom stereocenters. The van der Waals surface area contributed by atoms with Gasteiger partial charge in [0, 0.05) is 18.1 Å². The van der Waals surface area contributed by atoms with Crippen LogP contribution < -0.4 is 11.1 Å². The van der Waals surface area contributed by atoms with E-state index in [0.29, 0.717) is 18.1 Å². The van der Waals surface area contributed by atoms with Crippen LogP contribution in [-0.4, -0.2) is 31.6 Å². The molecule has 0 unspecified atom stereocenters. The molecule has 0 amide bonds. The van der Waals surface area contributed by atoms with Crippen molar-refractivity contribution >= 4 is 17.1 Å². The Morgan fingerprint density at radius 3 is 2.59 bits per heavy atom. The Hall–Kier alpha value is -1.69. The molecule has 0 aliphatic heterocycles. The summed E-state index contributed by atoms with van der Waals surface area (Å²) in [5.41, 5.74) is 7.83. The molecule has 2 fully saturated rings. The van der Waals surface area contributed by atoms with Crippen molar-refractivity contribution in [3.63, 3.8) is 0 Å². The fourth-order valence-corrected chi connectivity index (χ4v) is 3.79. The van der Waals surface area contributed by atoms with Crippen LogP contribution in [-0.2, 0) is 0 Å². The van der Waals surface area contributed by atoms with Gasteiger partial charge in [0.15, 0.2) is 5.65 Å². The highest BCUT2D eigenvalue weighted by atomic mass is 15.2. The third-order valence-corrected chi connectivity index (χ3v) is 5.14. The largest absolute Gasteiger partial charge is 0.351 e. The average molecular weight is 300 g/mol. The van der Waals surface area contributed by atoms with Gasteiger partial charge in [0.25, 0.3) is 0 Å². The Balaban J connectivity index is 1.55. The van der Waals surface area contributed by atoms with Crippen LogP contribution in [0.3, 0.4) is 0 Å². The van der Waals surface area contributed by atoms with Crippen LogP contribution in [0.2, 0.25) is 0 Å². The standard InChI is InChI=1S/C16H24N6/c17-11-5-7-12(8-6-11)20-16-18-9-14-15(21-16)22(10-19-14)13-3-1-2-4-13/h9-13H,1-8,17H2,(H,18,20,21)/t11-,12-. The van der Waals surface area contributed by atoms with Gasteiger partial charge in [-0.2, -0.15) is 4.98 Å². The van der Waals surface area contributed by atoms with Crippen LogP contribution >= 0.6 is 0 Å². The number of nitrogens with two attached hydrogens (primary N) is 1. The second-order valence-electron chi connectivity index (χ2n) is 6.75. The average Bonchev–Trinajstić information content (AvgIpc) is 3.18. The summed E-state index contributed by atoms with van der Waals surface area (Å²) in [6.07, 6.45) is 13.2. The SMILES string of the molecule is N[C@H]1CC[C@H](Nc2ncc3ncn(C4CCCC4)c3n2)CC1. The molecular weight excluding hydrogens is 276 g/mol. The van der Waals surface area contributed by atoms with Crippen LogP contribution in [0.4, 0.5) is 5.95 Å². The van der Waals surface area contributed by atoms with Crippen molar-refractivity contribution in [2.24, 2.45) is 5.73 Å². The van der Waals surface area contributed by atoms with E-state index in [4.69, 9.17) is 10.7 Å². The number of fused-ring (bicyclic) bond motifs is 1. The van der Waals surface area contributed by atoms with E-state index < -0.39 is 0 Å². The van der Waals surface area contributed by atoms with Crippen LogP contribution in [0.5, 0.6) is 0 Å². The molecule has 2 aromatic heterocycles. The lowest BCUT2D eigenvalue weighted by Crippen LogP contribution is -2.33. The van der Waals surface area contributed by atoms with Crippen LogP contribution in [0, 0.1) is 0 Å². The smallest absolute Gasteiger partial charge is 0.224 e. The molecule has 6 nitrogen and oxygen atoms in total. The summed E-state index contributed by atoms with van der Waals surface area (Å²) in [4.78, 5) is 13.6. The van der Waals surface area contributed by atoms with Crippen molar-refractivity contribution in [1.82, 2.24) is 19.5 Å². The summed E-state index contributed by atoms with van der Waals surface area (Å²) >= 11 is 0. The number of imidazole rings is 1. The molecule has 0 radical (unpaired) electrons. The number of nitrogens with zero attached hydrogens (tertiary/aromatic N) is 4. The number of rotatable bonds is 3. The van der Waals surface area contributed by atoms with E-state index in [1.807, 2.05) is 12.5 Å². The van der Waals surface area contributed by atoms with E-state index in [2.05, 4.69) is 19.9 Å². The lowest BCUT2D eigenvalue weighted by molar-refractivity contribution is 0.410. The Kier molecular flexibility index (Phi) is 3.70. The number of hydrogen-bond acceptors (Lipinski definition) is 5. The Labute approximate surface area is 130 Å². The zero-order valence-corrected chi connectivity index (χ0v) is 12.9. The number of aromatic nitrogens is 4. The van der Waals surface area contributed by atoms with E-state index in [1.165, 1.54) is 25.7 Å². The number of nitrogens with one attached hydrogen (secondary N) is 1. The minimum absolute atomic E-state index is 0.366. The molecule has 3 N–H and O–H groups in total. The van der Waals surface area contributed by atoms with Gasteiger partial charge in [0.1, 0.15) is 5.52 Å². The van der Waals surface area contributed by atoms with E-state index >= 15 is 0 Å². The molecule has 0 bridgehead atoms. The minimum atomic E-state index is 0.366. The van der Waals surface area contributed by atoms with Crippen molar-refractivity contribution < 1.29 is 0 Å². The van der Waals surface area contributed by atoms with Crippen LogP contribution in [0.15, 0.2) is 12.5 Å². The second-order valence-corrected chi connectivity index (χ2v) is 6.75. The quantitative estimate of drug-likeness (QED) is 0.910. The maximum absolute atomic E-state index is 5.97. The summed E-state index contributed by atoms with van der Waals surface area (Å²) in [5.74, 6) is 0.729. The highest BCUT2D eigenvalue weighted by Gasteiger charge is 2.21. The predicted octanol–water partition coefficient (Wildman–Crippen LogP) is 2.62. The Bertz CT molecular complexity index is 637. The zero-order valence-electron chi connectivity index (χ0n) is 12.9. The van der Waals surface area contributed by atoms with E-state index in [9.17, 15) is 0 Å². The van der Waals surface area contributed by atoms with Crippen LogP contribution in [0.25, 0.3) is 11.2 Å². The van der Waals surface area contributed by atoms with Crippen molar-refractivity contribution in [1.29, 1.82) is 0 Å². The van der Waals surface area contributed by atoms with Gasteiger partial charge in [0.2, 0.25) is 5.95 Å². The van der Waals surface area contributed by atoms with Crippen molar-refractivity contribution in [2.75, 3.05) is 5.32 Å². The Morgan fingerprint density at radius 2 is 1.82 bits per heavy atom.